The summed E-state index contributed by atoms with van der Waals surface area (Å²) in [5.74, 6) is 2.12. The second kappa shape index (κ2) is 15.1. The van der Waals surface area contributed by atoms with Gasteiger partial charge in [0.1, 0.15) is 0 Å². The van der Waals surface area contributed by atoms with Gasteiger partial charge in [-0.1, -0.05) is 87.3 Å². The molecule has 0 aromatic rings. The molecule has 0 aliphatic heterocycles. The van der Waals surface area contributed by atoms with Crippen LogP contribution in [0.15, 0.2) is 0 Å². The molecular weight excluding hydrogens is 459 g/mol. The van der Waals surface area contributed by atoms with E-state index in [1.54, 1.807) is 0 Å². The first-order valence-corrected chi connectivity index (χ1v) is 13.8. The summed E-state index contributed by atoms with van der Waals surface area (Å²) in [6, 6.07) is 0. The molecule has 2 nitrogen and oxygen atoms in total. The molecule has 0 spiro atoms. The van der Waals surface area contributed by atoms with Crippen LogP contribution in [0, 0.1) is 17.8 Å². The Labute approximate surface area is 188 Å². The smallest absolute Gasteiger partial charge is 0.308 e. The van der Waals surface area contributed by atoms with E-state index in [-0.39, 0.29) is 11.9 Å². The minimum absolute atomic E-state index is 0.102. The lowest BCUT2D eigenvalue weighted by atomic mass is 9.71. The number of alkyl halides is 1. The normalized spacial score (nSPS) is 28.2. The van der Waals surface area contributed by atoms with Gasteiger partial charge in [0.2, 0.25) is 0 Å². The van der Waals surface area contributed by atoms with Crippen LogP contribution < -0.4 is 0 Å². The molecule has 0 unspecified atom stereocenters. The van der Waals surface area contributed by atoms with E-state index in [0.29, 0.717) is 6.61 Å². The van der Waals surface area contributed by atoms with Crippen LogP contribution in [0.25, 0.3) is 0 Å². The van der Waals surface area contributed by atoms with Crippen molar-refractivity contribution in [2.24, 2.45) is 17.8 Å². The Morgan fingerprint density at radius 3 is 1.71 bits per heavy atom. The Kier molecular flexibility index (Phi) is 13.2. The largest absolute Gasteiger partial charge is 0.465 e. The third-order valence-corrected chi connectivity index (χ3v) is 8.46. The number of hydrogen-bond acceptors (Lipinski definition) is 2. The van der Waals surface area contributed by atoms with E-state index in [1.807, 2.05) is 0 Å². The maximum Gasteiger partial charge on any atom is 0.308 e. The summed E-state index contributed by atoms with van der Waals surface area (Å²) < 4.78 is 6.52. The Morgan fingerprint density at radius 1 is 0.714 bits per heavy atom. The minimum atomic E-state index is 0.102. The lowest BCUT2D eigenvalue weighted by Crippen LogP contribution is -2.29. The van der Waals surface area contributed by atoms with Gasteiger partial charge in [-0.15, -0.1) is 0 Å². The summed E-state index contributed by atoms with van der Waals surface area (Å²) in [5.41, 5.74) is 0. The molecule has 2 aliphatic rings. The van der Waals surface area contributed by atoms with E-state index in [1.165, 1.54) is 96.3 Å². The zero-order valence-electron chi connectivity index (χ0n) is 18.4. The molecule has 0 aromatic heterocycles. The summed E-state index contributed by atoms with van der Waals surface area (Å²) in [6.07, 6.45) is 23.6. The second-order valence-electron chi connectivity index (χ2n) is 9.47. The van der Waals surface area contributed by atoms with Crippen LogP contribution in [-0.4, -0.2) is 16.5 Å². The first-order chi connectivity index (χ1) is 13.7. The predicted molar refractivity (Wildman–Crippen MR) is 128 cm³/mol. The molecule has 0 aromatic carbocycles. The van der Waals surface area contributed by atoms with Crippen molar-refractivity contribution in [3.63, 3.8) is 0 Å². The average Bonchev–Trinajstić information content (AvgIpc) is 2.72. The third-order valence-electron chi connectivity index (χ3n) is 7.22. The van der Waals surface area contributed by atoms with Crippen LogP contribution in [0.1, 0.15) is 122 Å². The van der Waals surface area contributed by atoms with E-state index < -0.39 is 0 Å². The van der Waals surface area contributed by atoms with Crippen LogP contribution in [0.3, 0.4) is 0 Å². The number of hydrogen-bond donors (Lipinski definition) is 0. The van der Waals surface area contributed by atoms with Crippen LogP contribution in [-0.2, 0) is 9.53 Å². The number of carbonyl (C=O) groups is 1. The average molecular weight is 505 g/mol. The zero-order valence-corrected chi connectivity index (χ0v) is 20.6. The number of carbonyl (C=O) groups excluding carboxylic acids is 1. The van der Waals surface area contributed by atoms with Gasteiger partial charge < -0.3 is 4.74 Å². The van der Waals surface area contributed by atoms with E-state index in [9.17, 15) is 4.79 Å². The number of unbranched alkanes of at least 4 members (excludes halogenated alkanes) is 9. The summed E-state index contributed by atoms with van der Waals surface area (Å²) in [6.45, 7) is 2.92. The molecular formula is C25H45IO2. The number of esters is 1. The van der Waals surface area contributed by atoms with Gasteiger partial charge in [0.15, 0.2) is 0 Å². The second-order valence-corrected chi connectivity index (χ2v) is 11.2. The Morgan fingerprint density at radius 2 is 1.18 bits per heavy atom. The molecule has 2 saturated carbocycles. The molecule has 0 amide bonds. The lowest BCUT2D eigenvalue weighted by Gasteiger charge is -2.36. The lowest BCUT2D eigenvalue weighted by molar-refractivity contribution is -0.150. The fourth-order valence-corrected chi connectivity index (χ4v) is 5.98. The standard InChI is InChI=1S/C25H45IO2/c1-2-3-4-5-6-7-8-9-10-11-20-28-25(27)23-14-12-21(13-15-23)22-16-18-24(26)19-17-22/h21-24H,2-20H2,1H3. The van der Waals surface area contributed by atoms with Gasteiger partial charge in [-0.2, -0.15) is 0 Å². The molecule has 2 aliphatic carbocycles. The molecule has 0 heterocycles. The van der Waals surface area contributed by atoms with Crippen molar-refractivity contribution < 1.29 is 9.53 Å². The molecule has 164 valence electrons. The van der Waals surface area contributed by atoms with Crippen molar-refractivity contribution in [2.75, 3.05) is 6.61 Å². The van der Waals surface area contributed by atoms with Crippen molar-refractivity contribution in [1.82, 2.24) is 0 Å². The van der Waals surface area contributed by atoms with Crippen LogP contribution >= 0.6 is 22.6 Å². The maximum atomic E-state index is 12.4. The molecule has 0 saturated heterocycles. The predicted octanol–water partition coefficient (Wildman–Crippen LogP) is 8.25. The van der Waals surface area contributed by atoms with Crippen molar-refractivity contribution in [3.8, 4) is 0 Å². The highest BCUT2D eigenvalue weighted by Gasteiger charge is 2.32. The van der Waals surface area contributed by atoms with E-state index in [0.717, 1.165) is 35.0 Å². The first kappa shape index (κ1) is 24.5. The topological polar surface area (TPSA) is 26.3 Å². The molecule has 28 heavy (non-hydrogen) atoms. The maximum absolute atomic E-state index is 12.4. The summed E-state index contributed by atoms with van der Waals surface area (Å²) in [5, 5.41) is 0. The van der Waals surface area contributed by atoms with Gasteiger partial charge >= 0.3 is 5.97 Å². The van der Waals surface area contributed by atoms with E-state index >= 15 is 0 Å². The molecule has 0 N–H and O–H groups in total. The van der Waals surface area contributed by atoms with Crippen LogP contribution in [0.2, 0.25) is 0 Å². The zero-order chi connectivity index (χ0) is 20.0. The summed E-state index contributed by atoms with van der Waals surface area (Å²) in [7, 11) is 0. The monoisotopic (exact) mass is 504 g/mol. The van der Waals surface area contributed by atoms with Crippen molar-refractivity contribution in [3.05, 3.63) is 0 Å². The highest BCUT2D eigenvalue weighted by atomic mass is 127. The van der Waals surface area contributed by atoms with Crippen molar-refractivity contribution >= 4 is 28.6 Å². The summed E-state index contributed by atoms with van der Waals surface area (Å²) >= 11 is 2.62. The van der Waals surface area contributed by atoms with Crippen LogP contribution in [0.5, 0.6) is 0 Å². The van der Waals surface area contributed by atoms with Gasteiger partial charge in [0.05, 0.1) is 12.5 Å². The molecule has 2 rings (SSSR count). The van der Waals surface area contributed by atoms with E-state index in [2.05, 4.69) is 29.5 Å². The minimum Gasteiger partial charge on any atom is -0.465 e. The Bertz CT molecular complexity index is 395. The fraction of sp³-hybridized carbons (Fsp3) is 0.960. The van der Waals surface area contributed by atoms with Gasteiger partial charge in [-0.05, 0) is 69.6 Å². The van der Waals surface area contributed by atoms with Gasteiger partial charge in [0.25, 0.3) is 0 Å². The first-order valence-electron chi connectivity index (χ1n) is 12.5. The van der Waals surface area contributed by atoms with Gasteiger partial charge in [-0.3, -0.25) is 4.79 Å². The quantitative estimate of drug-likeness (QED) is 0.109. The Balaban J connectivity index is 1.43. The number of ether oxygens (including phenoxy) is 1. The number of halogens is 1. The van der Waals surface area contributed by atoms with Crippen molar-refractivity contribution in [1.29, 1.82) is 0 Å². The van der Waals surface area contributed by atoms with Gasteiger partial charge in [-0.25, -0.2) is 0 Å². The highest BCUT2D eigenvalue weighted by molar-refractivity contribution is 14.1. The molecule has 2 fully saturated rings. The molecule has 0 radical (unpaired) electrons. The van der Waals surface area contributed by atoms with Crippen molar-refractivity contribution in [2.45, 2.75) is 126 Å². The van der Waals surface area contributed by atoms with E-state index in [4.69, 9.17) is 4.74 Å². The van der Waals surface area contributed by atoms with Gasteiger partial charge in [0, 0.05) is 3.92 Å². The fourth-order valence-electron chi connectivity index (χ4n) is 5.26. The molecule has 0 atom stereocenters. The molecule has 3 heteroatoms. The summed E-state index contributed by atoms with van der Waals surface area (Å²) in [4.78, 5) is 12.4. The Hall–Kier alpha value is 0.200. The highest BCUT2D eigenvalue weighted by Crippen LogP contribution is 2.41. The number of rotatable bonds is 13. The molecule has 0 bridgehead atoms. The third kappa shape index (κ3) is 9.80. The van der Waals surface area contributed by atoms with Crippen LogP contribution in [0.4, 0.5) is 0 Å². The SMILES string of the molecule is CCCCCCCCCCCCOC(=O)C1CCC(C2CCC(I)CC2)CC1.